The van der Waals surface area contributed by atoms with Crippen molar-refractivity contribution in [3.05, 3.63) is 40.0 Å². The Morgan fingerprint density at radius 1 is 1.29 bits per heavy atom. The van der Waals surface area contributed by atoms with Crippen LogP contribution < -0.4 is 10.5 Å². The minimum absolute atomic E-state index is 0.165. The monoisotopic (exact) mass is 368 g/mol. The van der Waals surface area contributed by atoms with E-state index in [0.717, 1.165) is 0 Å². The van der Waals surface area contributed by atoms with Crippen LogP contribution >= 0.6 is 27.5 Å². The maximum Gasteiger partial charge on any atom is 0.230 e. The van der Waals surface area contributed by atoms with Crippen LogP contribution in [0.5, 0.6) is 5.75 Å². The highest BCUT2D eigenvalue weighted by Crippen LogP contribution is 2.42. The Morgan fingerprint density at radius 2 is 2.10 bits per heavy atom. The van der Waals surface area contributed by atoms with E-state index in [1.165, 1.54) is 0 Å². The number of ether oxygens (including phenoxy) is 1. The van der Waals surface area contributed by atoms with E-state index in [2.05, 4.69) is 21.1 Å². The zero-order chi connectivity index (χ0) is 15.0. The first kappa shape index (κ1) is 14.0. The van der Waals surface area contributed by atoms with E-state index in [4.69, 9.17) is 31.0 Å². The minimum atomic E-state index is 0.165. The number of rotatable bonds is 3. The first-order valence-corrected chi connectivity index (χ1v) is 7.12. The molecule has 3 rings (SSSR count). The van der Waals surface area contributed by atoms with Crippen LogP contribution in [0.25, 0.3) is 22.6 Å². The van der Waals surface area contributed by atoms with E-state index >= 15 is 0 Å². The van der Waals surface area contributed by atoms with Crippen LogP contribution in [0, 0.1) is 0 Å². The summed E-state index contributed by atoms with van der Waals surface area (Å²) in [7, 11) is 1.57. The Kier molecular flexibility index (Phi) is 3.65. The van der Waals surface area contributed by atoms with E-state index in [0.29, 0.717) is 38.0 Å². The molecule has 0 atom stereocenters. The van der Waals surface area contributed by atoms with Crippen molar-refractivity contribution >= 4 is 33.4 Å². The van der Waals surface area contributed by atoms with Crippen LogP contribution in [0.1, 0.15) is 0 Å². The molecule has 108 valence electrons. The third kappa shape index (κ3) is 2.52. The second-order valence-corrected chi connectivity index (χ2v) is 5.44. The Morgan fingerprint density at radius 3 is 2.76 bits per heavy atom. The Labute approximate surface area is 133 Å². The smallest absolute Gasteiger partial charge is 0.230 e. The average Bonchev–Trinajstić information content (AvgIpc) is 3.04. The van der Waals surface area contributed by atoms with Gasteiger partial charge in [-0.05, 0) is 46.3 Å². The largest absolute Gasteiger partial charge is 0.496 e. The lowest BCUT2D eigenvalue weighted by atomic mass is 10.0. The van der Waals surface area contributed by atoms with Crippen LogP contribution in [0.4, 0.5) is 5.88 Å². The normalized spacial score (nSPS) is 10.8. The molecule has 5 nitrogen and oxygen atoms in total. The molecule has 3 aromatic rings. The number of furan rings is 1. The van der Waals surface area contributed by atoms with E-state index in [1.54, 1.807) is 37.4 Å². The van der Waals surface area contributed by atoms with Crippen LogP contribution in [0.3, 0.4) is 0 Å². The summed E-state index contributed by atoms with van der Waals surface area (Å²) < 4.78 is 16.6. The first-order valence-electron chi connectivity index (χ1n) is 5.95. The lowest BCUT2D eigenvalue weighted by molar-refractivity contribution is 0.416. The van der Waals surface area contributed by atoms with Gasteiger partial charge < -0.3 is 19.4 Å². The maximum absolute atomic E-state index is 6.07. The summed E-state index contributed by atoms with van der Waals surface area (Å²) >= 11 is 9.32. The van der Waals surface area contributed by atoms with Gasteiger partial charge >= 0.3 is 0 Å². The fourth-order valence-electron chi connectivity index (χ4n) is 2.05. The second kappa shape index (κ2) is 5.46. The molecule has 7 heteroatoms. The summed E-state index contributed by atoms with van der Waals surface area (Å²) in [6, 6.07) is 8.76. The van der Waals surface area contributed by atoms with Crippen LogP contribution in [-0.4, -0.2) is 12.3 Å². The lowest BCUT2D eigenvalue weighted by Gasteiger charge is -2.08. The predicted molar refractivity (Wildman–Crippen MR) is 83.3 cm³/mol. The maximum atomic E-state index is 6.07. The number of methoxy groups -OCH3 is 1. The van der Waals surface area contributed by atoms with Crippen molar-refractivity contribution in [2.45, 2.75) is 0 Å². The standard InChI is InChI=1S/C14H10BrClN2O3/c1-19-9-3-2-7(16)6-8(9)12-13(18-21-14(12)17)10-4-5-11(15)20-10/h2-6H,17H2,1H3. The van der Waals surface area contributed by atoms with Crippen LogP contribution in [0.2, 0.25) is 5.02 Å². The zero-order valence-electron chi connectivity index (χ0n) is 10.9. The molecular formula is C14H10BrClN2O3. The fourth-order valence-corrected chi connectivity index (χ4v) is 2.53. The highest BCUT2D eigenvalue weighted by Gasteiger charge is 2.23. The number of nitrogens with two attached hydrogens (primary N) is 1. The number of aromatic nitrogens is 1. The van der Waals surface area contributed by atoms with Gasteiger partial charge in [0.05, 0.1) is 12.7 Å². The van der Waals surface area contributed by atoms with E-state index in [-0.39, 0.29) is 5.88 Å². The molecule has 21 heavy (non-hydrogen) atoms. The first-order chi connectivity index (χ1) is 10.1. The van der Waals surface area contributed by atoms with Gasteiger partial charge in [-0.15, -0.1) is 0 Å². The van der Waals surface area contributed by atoms with Gasteiger partial charge in [-0.2, -0.15) is 0 Å². The summed E-state index contributed by atoms with van der Waals surface area (Å²) in [5.74, 6) is 1.30. The third-order valence-corrected chi connectivity index (χ3v) is 3.62. The van der Waals surface area contributed by atoms with Crippen molar-refractivity contribution in [3.63, 3.8) is 0 Å². The number of hydrogen-bond donors (Lipinski definition) is 1. The molecule has 0 fully saturated rings. The van der Waals surface area contributed by atoms with Gasteiger partial charge in [0.1, 0.15) is 5.75 Å². The Bertz CT molecular complexity index is 797. The molecule has 0 aliphatic rings. The highest BCUT2D eigenvalue weighted by molar-refractivity contribution is 9.10. The number of hydrogen-bond acceptors (Lipinski definition) is 5. The molecular weight excluding hydrogens is 360 g/mol. The van der Waals surface area contributed by atoms with Crippen molar-refractivity contribution in [1.29, 1.82) is 0 Å². The molecule has 0 saturated heterocycles. The van der Waals surface area contributed by atoms with E-state index < -0.39 is 0 Å². The van der Waals surface area contributed by atoms with Gasteiger partial charge in [0.15, 0.2) is 16.1 Å². The molecule has 0 radical (unpaired) electrons. The molecule has 0 spiro atoms. The summed E-state index contributed by atoms with van der Waals surface area (Å²) in [6.45, 7) is 0. The lowest BCUT2D eigenvalue weighted by Crippen LogP contribution is -1.92. The Balaban J connectivity index is 2.24. The summed E-state index contributed by atoms with van der Waals surface area (Å²) in [5, 5.41) is 4.52. The predicted octanol–water partition coefficient (Wildman–Crippen LogP) is 4.61. The number of benzene rings is 1. The van der Waals surface area contributed by atoms with Crippen molar-refractivity contribution in [3.8, 4) is 28.3 Å². The Hall–Kier alpha value is -1.92. The molecule has 2 N–H and O–H groups in total. The van der Waals surface area contributed by atoms with Gasteiger partial charge in [0.2, 0.25) is 5.88 Å². The van der Waals surface area contributed by atoms with Crippen molar-refractivity contribution in [1.82, 2.24) is 5.16 Å². The number of nitrogens with zero attached hydrogens (tertiary/aromatic N) is 1. The molecule has 0 aliphatic heterocycles. The van der Waals surface area contributed by atoms with Crippen molar-refractivity contribution in [2.24, 2.45) is 0 Å². The molecule has 1 aromatic carbocycles. The SMILES string of the molecule is COc1ccc(Cl)cc1-c1c(-c2ccc(Br)o2)noc1N. The molecule has 2 heterocycles. The molecule has 0 aliphatic carbocycles. The van der Waals surface area contributed by atoms with Crippen molar-refractivity contribution in [2.75, 3.05) is 12.8 Å². The van der Waals surface area contributed by atoms with Crippen LogP contribution in [-0.2, 0) is 0 Å². The van der Waals surface area contributed by atoms with Gasteiger partial charge in [-0.25, -0.2) is 0 Å². The fraction of sp³-hybridized carbons (Fsp3) is 0.0714. The molecule has 0 unspecified atom stereocenters. The molecule has 0 amide bonds. The number of anilines is 1. The number of nitrogen functional groups attached to an aromatic ring is 1. The van der Waals surface area contributed by atoms with Gasteiger partial charge in [0, 0.05) is 10.6 Å². The quantitative estimate of drug-likeness (QED) is 0.730. The van der Waals surface area contributed by atoms with Gasteiger partial charge in [-0.1, -0.05) is 16.8 Å². The van der Waals surface area contributed by atoms with Gasteiger partial charge in [-0.3, -0.25) is 0 Å². The summed E-state index contributed by atoms with van der Waals surface area (Å²) in [6.07, 6.45) is 0. The highest BCUT2D eigenvalue weighted by atomic mass is 79.9. The summed E-state index contributed by atoms with van der Waals surface area (Å²) in [5.41, 5.74) is 7.66. The summed E-state index contributed by atoms with van der Waals surface area (Å²) in [4.78, 5) is 0. The zero-order valence-corrected chi connectivity index (χ0v) is 13.2. The topological polar surface area (TPSA) is 74.4 Å². The molecule has 0 saturated carbocycles. The van der Waals surface area contributed by atoms with Crippen LogP contribution in [0.15, 0.2) is 43.9 Å². The molecule has 2 aromatic heterocycles. The minimum Gasteiger partial charge on any atom is -0.496 e. The number of halogens is 2. The van der Waals surface area contributed by atoms with E-state index in [9.17, 15) is 0 Å². The second-order valence-electron chi connectivity index (χ2n) is 4.22. The third-order valence-electron chi connectivity index (χ3n) is 2.96. The van der Waals surface area contributed by atoms with E-state index in [1.807, 2.05) is 0 Å². The van der Waals surface area contributed by atoms with Gasteiger partial charge in [0.25, 0.3) is 0 Å². The average molecular weight is 370 g/mol. The molecule has 0 bridgehead atoms. The van der Waals surface area contributed by atoms with Crippen molar-refractivity contribution < 1.29 is 13.7 Å².